The van der Waals surface area contributed by atoms with Gasteiger partial charge in [0.2, 0.25) is 0 Å². The zero-order valence-corrected chi connectivity index (χ0v) is 13.7. The summed E-state index contributed by atoms with van der Waals surface area (Å²) in [4.78, 5) is 2.39. The number of nitrogens with two attached hydrogens (primary N) is 1. The number of hydrazine groups is 1. The Morgan fingerprint density at radius 3 is 2.48 bits per heavy atom. The van der Waals surface area contributed by atoms with E-state index in [1.54, 1.807) is 0 Å². The van der Waals surface area contributed by atoms with E-state index in [0.717, 1.165) is 35.4 Å². The Hall–Kier alpha value is -1.36. The minimum absolute atomic E-state index is 0.0656. The number of hydrogen-bond acceptors (Lipinski definition) is 4. The summed E-state index contributed by atoms with van der Waals surface area (Å²) in [5, 5.41) is 1.13. The van der Waals surface area contributed by atoms with Gasteiger partial charge in [0.1, 0.15) is 11.3 Å². The number of fused-ring (bicyclic) bond motifs is 1. The summed E-state index contributed by atoms with van der Waals surface area (Å²) in [6.07, 6.45) is 0. The van der Waals surface area contributed by atoms with Crippen molar-refractivity contribution in [3.05, 3.63) is 35.6 Å². The molecule has 0 radical (unpaired) electrons. The third kappa shape index (κ3) is 2.84. The molecule has 0 amide bonds. The van der Waals surface area contributed by atoms with Gasteiger partial charge >= 0.3 is 0 Å². The lowest BCUT2D eigenvalue weighted by Crippen LogP contribution is -2.54. The zero-order valence-electron chi connectivity index (χ0n) is 13.7. The summed E-state index contributed by atoms with van der Waals surface area (Å²) >= 11 is 0. The number of benzene rings is 1. The van der Waals surface area contributed by atoms with Crippen LogP contribution in [0.4, 0.5) is 0 Å². The van der Waals surface area contributed by atoms with Gasteiger partial charge < -0.3 is 4.42 Å². The minimum Gasteiger partial charge on any atom is -0.459 e. The maximum atomic E-state index is 6.11. The summed E-state index contributed by atoms with van der Waals surface area (Å²) < 4.78 is 6.11. The van der Waals surface area contributed by atoms with Gasteiger partial charge in [-0.05, 0) is 45.5 Å². The van der Waals surface area contributed by atoms with E-state index < -0.39 is 0 Å². The van der Waals surface area contributed by atoms with Crippen molar-refractivity contribution in [3.63, 3.8) is 0 Å². The summed E-state index contributed by atoms with van der Waals surface area (Å²) in [5.74, 6) is 6.75. The van der Waals surface area contributed by atoms with Crippen LogP contribution in [0.5, 0.6) is 0 Å². The number of nitrogens with zero attached hydrogens (tertiary/aromatic N) is 1. The van der Waals surface area contributed by atoms with Gasteiger partial charge in [-0.15, -0.1) is 0 Å². The summed E-state index contributed by atoms with van der Waals surface area (Å²) in [5.41, 5.74) is 4.91. The molecule has 1 aromatic heterocycles. The van der Waals surface area contributed by atoms with Crippen LogP contribution in [0.2, 0.25) is 0 Å². The van der Waals surface area contributed by atoms with E-state index in [4.69, 9.17) is 10.3 Å². The van der Waals surface area contributed by atoms with Crippen LogP contribution in [-0.4, -0.2) is 23.5 Å². The largest absolute Gasteiger partial charge is 0.459 e. The topological polar surface area (TPSA) is 54.4 Å². The van der Waals surface area contributed by atoms with Crippen molar-refractivity contribution in [2.75, 3.05) is 13.1 Å². The first-order valence-electron chi connectivity index (χ1n) is 7.65. The molecule has 3 N–H and O–H groups in total. The molecule has 2 rings (SSSR count). The molecule has 0 aliphatic heterocycles. The van der Waals surface area contributed by atoms with Crippen LogP contribution in [0.3, 0.4) is 0 Å². The highest BCUT2D eigenvalue weighted by molar-refractivity contribution is 5.81. The van der Waals surface area contributed by atoms with E-state index in [9.17, 15) is 0 Å². The number of likely N-dealkylation sites (N-methyl/N-ethyl adjacent to an activating group) is 1. The Morgan fingerprint density at radius 1 is 1.29 bits per heavy atom. The zero-order chi connectivity index (χ0) is 15.6. The van der Waals surface area contributed by atoms with Gasteiger partial charge in [-0.1, -0.05) is 32.0 Å². The molecule has 0 aliphatic rings. The van der Waals surface area contributed by atoms with Crippen molar-refractivity contribution >= 4 is 11.0 Å². The molecule has 0 saturated heterocycles. The molecular weight excluding hydrogens is 262 g/mol. The van der Waals surface area contributed by atoms with Gasteiger partial charge in [0.25, 0.3) is 0 Å². The predicted octanol–water partition coefficient (Wildman–Crippen LogP) is 3.37. The highest BCUT2D eigenvalue weighted by atomic mass is 16.3. The smallest absolute Gasteiger partial charge is 0.137 e. The van der Waals surface area contributed by atoms with Crippen LogP contribution in [0.15, 0.2) is 28.7 Å². The third-order valence-electron chi connectivity index (χ3n) is 4.50. The molecule has 2 aromatic rings. The quantitative estimate of drug-likeness (QED) is 0.632. The van der Waals surface area contributed by atoms with Crippen LogP contribution >= 0.6 is 0 Å². The van der Waals surface area contributed by atoms with Crippen molar-refractivity contribution in [1.82, 2.24) is 10.3 Å². The second-order valence-corrected chi connectivity index (χ2v) is 6.07. The summed E-state index contributed by atoms with van der Waals surface area (Å²) in [7, 11) is 0. The molecule has 1 atom stereocenters. The third-order valence-corrected chi connectivity index (χ3v) is 4.50. The molecule has 0 spiro atoms. The second kappa shape index (κ2) is 6.18. The lowest BCUT2D eigenvalue weighted by molar-refractivity contribution is 0.0827. The van der Waals surface area contributed by atoms with Crippen molar-refractivity contribution in [2.45, 2.75) is 46.2 Å². The standard InChI is InChI=1S/C17H27N3O/c1-6-20(7-2)17(4,5)16(19-18)14-11-13-10-8-9-12(3)15(13)21-14/h8-11,16,19H,6-7,18H2,1-5H3. The van der Waals surface area contributed by atoms with E-state index in [0.29, 0.717) is 0 Å². The second-order valence-electron chi connectivity index (χ2n) is 6.07. The van der Waals surface area contributed by atoms with E-state index in [-0.39, 0.29) is 11.6 Å². The Labute approximate surface area is 127 Å². The van der Waals surface area contributed by atoms with E-state index in [1.165, 1.54) is 0 Å². The fourth-order valence-corrected chi connectivity index (χ4v) is 3.23. The number of hydrogen-bond donors (Lipinski definition) is 2. The fraction of sp³-hybridized carbons (Fsp3) is 0.529. The van der Waals surface area contributed by atoms with Crippen molar-refractivity contribution in [1.29, 1.82) is 0 Å². The van der Waals surface area contributed by atoms with Crippen LogP contribution < -0.4 is 11.3 Å². The van der Waals surface area contributed by atoms with Gasteiger partial charge in [-0.3, -0.25) is 10.7 Å². The lowest BCUT2D eigenvalue weighted by Gasteiger charge is -2.42. The molecule has 1 heterocycles. The predicted molar refractivity (Wildman–Crippen MR) is 88.0 cm³/mol. The molecule has 116 valence electrons. The lowest BCUT2D eigenvalue weighted by atomic mass is 9.90. The minimum atomic E-state index is -0.139. The highest BCUT2D eigenvalue weighted by Crippen LogP contribution is 2.34. The SMILES string of the molecule is CCN(CC)C(C)(C)C(NN)c1cc2cccc(C)c2o1. The van der Waals surface area contributed by atoms with Crippen molar-refractivity contribution in [2.24, 2.45) is 5.84 Å². The number of rotatable bonds is 6. The normalized spacial score (nSPS) is 14.0. The Balaban J connectivity index is 2.46. The monoisotopic (exact) mass is 289 g/mol. The molecule has 0 bridgehead atoms. The summed E-state index contributed by atoms with van der Waals surface area (Å²) in [6.45, 7) is 12.7. The first-order chi connectivity index (χ1) is 9.95. The van der Waals surface area contributed by atoms with Crippen molar-refractivity contribution < 1.29 is 4.42 Å². The van der Waals surface area contributed by atoms with E-state index >= 15 is 0 Å². The number of nitrogens with one attached hydrogen (secondary N) is 1. The first-order valence-corrected chi connectivity index (χ1v) is 7.65. The maximum Gasteiger partial charge on any atom is 0.137 e. The fourth-order valence-electron chi connectivity index (χ4n) is 3.23. The molecule has 0 saturated carbocycles. The maximum absolute atomic E-state index is 6.11. The Morgan fingerprint density at radius 2 is 1.95 bits per heavy atom. The van der Waals surface area contributed by atoms with Gasteiger partial charge in [-0.2, -0.15) is 0 Å². The number of furan rings is 1. The summed E-state index contributed by atoms with van der Waals surface area (Å²) in [6, 6.07) is 8.22. The van der Waals surface area contributed by atoms with Crippen LogP contribution in [0, 0.1) is 6.92 Å². The Bertz CT molecular complexity index is 599. The first kappa shape index (κ1) is 16.0. The van der Waals surface area contributed by atoms with Crippen LogP contribution in [0.25, 0.3) is 11.0 Å². The molecule has 4 heteroatoms. The van der Waals surface area contributed by atoms with Gasteiger partial charge in [0.15, 0.2) is 0 Å². The van der Waals surface area contributed by atoms with Crippen LogP contribution in [-0.2, 0) is 0 Å². The van der Waals surface area contributed by atoms with E-state index in [1.807, 2.05) is 0 Å². The average Bonchev–Trinajstić information content (AvgIpc) is 2.85. The molecular formula is C17H27N3O. The molecule has 0 aliphatic carbocycles. The van der Waals surface area contributed by atoms with Gasteiger partial charge in [0.05, 0.1) is 6.04 Å². The number of para-hydroxylation sites is 1. The van der Waals surface area contributed by atoms with Crippen LogP contribution in [0.1, 0.15) is 45.1 Å². The average molecular weight is 289 g/mol. The highest BCUT2D eigenvalue weighted by Gasteiger charge is 2.36. The molecule has 1 unspecified atom stereocenters. The number of aryl methyl sites for hydroxylation is 1. The Kier molecular flexibility index (Phi) is 4.71. The van der Waals surface area contributed by atoms with Gasteiger partial charge in [-0.25, -0.2) is 5.43 Å². The molecule has 1 aromatic carbocycles. The molecule has 0 fully saturated rings. The molecule has 21 heavy (non-hydrogen) atoms. The van der Waals surface area contributed by atoms with Crippen molar-refractivity contribution in [3.8, 4) is 0 Å². The molecule has 4 nitrogen and oxygen atoms in total. The van der Waals surface area contributed by atoms with E-state index in [2.05, 4.69) is 69.2 Å². The van der Waals surface area contributed by atoms with Gasteiger partial charge in [0, 0.05) is 10.9 Å².